The van der Waals surface area contributed by atoms with E-state index < -0.39 is 10.0 Å². The zero-order valence-corrected chi connectivity index (χ0v) is 13.8. The molecular weight excluding hydrogens is 280 g/mol. The average Bonchev–Trinajstić information content (AvgIpc) is 2.78. The van der Waals surface area contributed by atoms with Crippen LogP contribution in [0, 0.1) is 0 Å². The summed E-state index contributed by atoms with van der Waals surface area (Å²) in [4.78, 5) is 1.48. The predicted octanol–water partition coefficient (Wildman–Crippen LogP) is 2.67. The van der Waals surface area contributed by atoms with Gasteiger partial charge in [-0.3, -0.25) is 0 Å². The summed E-state index contributed by atoms with van der Waals surface area (Å²) in [5, 5.41) is 5.02. The van der Waals surface area contributed by atoms with E-state index in [0.717, 1.165) is 24.4 Å². The Morgan fingerprint density at radius 1 is 1.37 bits per heavy atom. The fourth-order valence-electron chi connectivity index (χ4n) is 1.92. The van der Waals surface area contributed by atoms with E-state index in [1.807, 2.05) is 20.8 Å². The summed E-state index contributed by atoms with van der Waals surface area (Å²) >= 11 is 1.50. The second kappa shape index (κ2) is 7.38. The number of rotatable bonds is 8. The molecule has 0 bridgehead atoms. The summed E-state index contributed by atoms with van der Waals surface area (Å²) in [7, 11) is -3.34. The lowest BCUT2D eigenvalue weighted by Crippen LogP contribution is -2.36. The lowest BCUT2D eigenvalue weighted by molar-refractivity contribution is 0.369. The summed E-state index contributed by atoms with van der Waals surface area (Å²) in [5.74, 6) is 0. The van der Waals surface area contributed by atoms with Gasteiger partial charge in [0.2, 0.25) is 10.0 Å². The molecule has 0 spiro atoms. The van der Waals surface area contributed by atoms with Gasteiger partial charge in [-0.05, 0) is 32.9 Å². The Bertz CT molecular complexity index is 481. The first-order valence-corrected chi connectivity index (χ1v) is 9.05. The van der Waals surface area contributed by atoms with Gasteiger partial charge in [-0.1, -0.05) is 13.8 Å². The van der Waals surface area contributed by atoms with Crippen LogP contribution in [0.15, 0.2) is 16.3 Å². The van der Waals surface area contributed by atoms with Gasteiger partial charge in [0.05, 0.1) is 4.90 Å². The van der Waals surface area contributed by atoms with Gasteiger partial charge in [-0.15, -0.1) is 11.3 Å². The van der Waals surface area contributed by atoms with Gasteiger partial charge in [-0.25, -0.2) is 8.42 Å². The van der Waals surface area contributed by atoms with Gasteiger partial charge in [0, 0.05) is 29.4 Å². The van der Waals surface area contributed by atoms with Gasteiger partial charge in [0.25, 0.3) is 0 Å². The number of thiophene rings is 1. The molecule has 4 nitrogen and oxygen atoms in total. The highest BCUT2D eigenvalue weighted by atomic mass is 32.2. The Kier molecular flexibility index (Phi) is 6.46. The number of hydrogen-bond donors (Lipinski definition) is 1. The third-order valence-corrected chi connectivity index (χ3v) is 6.06. The first kappa shape index (κ1) is 16.6. The monoisotopic (exact) mass is 304 g/mol. The molecule has 1 heterocycles. The molecule has 0 fully saturated rings. The summed E-state index contributed by atoms with van der Waals surface area (Å²) in [6, 6.07) is 1.77. The third-order valence-electron chi connectivity index (χ3n) is 2.85. The lowest BCUT2D eigenvalue weighted by atomic mass is 10.4. The van der Waals surface area contributed by atoms with E-state index in [-0.39, 0.29) is 6.04 Å². The molecule has 0 saturated heterocycles. The van der Waals surface area contributed by atoms with Gasteiger partial charge in [0.15, 0.2) is 0 Å². The Morgan fingerprint density at radius 3 is 2.58 bits per heavy atom. The van der Waals surface area contributed by atoms with Crippen molar-refractivity contribution in [3.05, 3.63) is 16.3 Å². The van der Waals surface area contributed by atoms with E-state index in [4.69, 9.17) is 0 Å². The van der Waals surface area contributed by atoms with Crippen LogP contribution < -0.4 is 5.32 Å². The predicted molar refractivity (Wildman–Crippen MR) is 81.0 cm³/mol. The van der Waals surface area contributed by atoms with Crippen LogP contribution in [-0.4, -0.2) is 31.9 Å². The SMILES string of the molecule is CCCNCc1cc(S(=O)(=O)N(CC)C(C)C)cs1. The number of sulfonamides is 1. The molecule has 1 N–H and O–H groups in total. The molecule has 0 aliphatic carbocycles. The molecule has 0 amide bonds. The van der Waals surface area contributed by atoms with Crippen molar-refractivity contribution in [2.24, 2.45) is 0 Å². The summed E-state index contributed by atoms with van der Waals surface area (Å²) < 4.78 is 26.4. The largest absolute Gasteiger partial charge is 0.312 e. The molecule has 1 aromatic rings. The highest BCUT2D eigenvalue weighted by Gasteiger charge is 2.26. The standard InChI is InChI=1S/C13H24N2O2S2/c1-5-7-14-9-12-8-13(10-18-12)19(16,17)15(6-2)11(3)4/h8,10-11,14H,5-7,9H2,1-4H3. The lowest BCUT2D eigenvalue weighted by Gasteiger charge is -2.23. The molecular formula is C13H24N2O2S2. The van der Waals surface area contributed by atoms with Crippen LogP contribution in [0.2, 0.25) is 0 Å². The molecule has 0 saturated carbocycles. The van der Waals surface area contributed by atoms with Crippen LogP contribution >= 0.6 is 11.3 Å². The molecule has 1 rings (SSSR count). The summed E-state index contributed by atoms with van der Waals surface area (Å²) in [6.45, 7) is 9.97. The third kappa shape index (κ3) is 4.27. The van der Waals surface area contributed by atoms with E-state index >= 15 is 0 Å². The molecule has 110 valence electrons. The minimum Gasteiger partial charge on any atom is -0.312 e. The van der Waals surface area contributed by atoms with Crippen molar-refractivity contribution >= 4 is 21.4 Å². The topological polar surface area (TPSA) is 49.4 Å². The Hall–Kier alpha value is -0.430. The first-order valence-electron chi connectivity index (χ1n) is 6.73. The van der Waals surface area contributed by atoms with Crippen molar-refractivity contribution in [2.75, 3.05) is 13.1 Å². The Balaban J connectivity index is 2.84. The minimum atomic E-state index is -3.34. The summed E-state index contributed by atoms with van der Waals surface area (Å²) in [6.07, 6.45) is 1.08. The molecule has 0 radical (unpaired) electrons. The molecule has 1 aromatic heterocycles. The molecule has 0 aliphatic rings. The summed E-state index contributed by atoms with van der Waals surface area (Å²) in [5.41, 5.74) is 0. The van der Waals surface area contributed by atoms with E-state index in [2.05, 4.69) is 12.2 Å². The molecule has 6 heteroatoms. The van der Waals surface area contributed by atoms with Crippen molar-refractivity contribution in [2.45, 2.75) is 51.6 Å². The van der Waals surface area contributed by atoms with Crippen molar-refractivity contribution < 1.29 is 8.42 Å². The maximum absolute atomic E-state index is 12.5. The molecule has 19 heavy (non-hydrogen) atoms. The van der Waals surface area contributed by atoms with E-state index in [9.17, 15) is 8.42 Å². The number of nitrogens with zero attached hydrogens (tertiary/aromatic N) is 1. The van der Waals surface area contributed by atoms with Crippen LogP contribution in [0.25, 0.3) is 0 Å². The molecule has 0 aliphatic heterocycles. The van der Waals surface area contributed by atoms with Gasteiger partial charge in [-0.2, -0.15) is 4.31 Å². The van der Waals surface area contributed by atoms with E-state index in [1.54, 1.807) is 11.4 Å². The smallest absolute Gasteiger partial charge is 0.244 e. The van der Waals surface area contributed by atoms with Crippen molar-refractivity contribution in [1.82, 2.24) is 9.62 Å². The first-order chi connectivity index (χ1) is 8.93. The maximum atomic E-state index is 12.5. The van der Waals surface area contributed by atoms with Crippen LogP contribution in [0.4, 0.5) is 0 Å². The van der Waals surface area contributed by atoms with Crippen LogP contribution in [0.3, 0.4) is 0 Å². The minimum absolute atomic E-state index is 0.0171. The van der Waals surface area contributed by atoms with Crippen molar-refractivity contribution in [3.63, 3.8) is 0 Å². The average molecular weight is 304 g/mol. The molecule has 0 aromatic carbocycles. The quantitative estimate of drug-likeness (QED) is 0.751. The van der Waals surface area contributed by atoms with Crippen LogP contribution in [0.5, 0.6) is 0 Å². The Morgan fingerprint density at radius 2 is 2.05 bits per heavy atom. The van der Waals surface area contributed by atoms with Gasteiger partial charge in [0.1, 0.15) is 0 Å². The zero-order valence-electron chi connectivity index (χ0n) is 12.1. The fraction of sp³-hybridized carbons (Fsp3) is 0.692. The molecule has 0 atom stereocenters. The molecule has 0 unspecified atom stereocenters. The highest BCUT2D eigenvalue weighted by Crippen LogP contribution is 2.23. The van der Waals surface area contributed by atoms with E-state index in [0.29, 0.717) is 11.4 Å². The number of hydrogen-bond acceptors (Lipinski definition) is 4. The second-order valence-electron chi connectivity index (χ2n) is 4.73. The fourth-order valence-corrected chi connectivity index (χ4v) is 4.80. The van der Waals surface area contributed by atoms with Crippen LogP contribution in [-0.2, 0) is 16.6 Å². The van der Waals surface area contributed by atoms with Crippen molar-refractivity contribution in [1.29, 1.82) is 0 Å². The van der Waals surface area contributed by atoms with Crippen molar-refractivity contribution in [3.8, 4) is 0 Å². The highest BCUT2D eigenvalue weighted by molar-refractivity contribution is 7.89. The normalized spacial score (nSPS) is 12.5. The van der Waals surface area contributed by atoms with Gasteiger partial charge >= 0.3 is 0 Å². The Labute approximate surface area is 120 Å². The maximum Gasteiger partial charge on any atom is 0.244 e. The number of nitrogens with one attached hydrogen (secondary N) is 1. The van der Waals surface area contributed by atoms with Gasteiger partial charge < -0.3 is 5.32 Å². The van der Waals surface area contributed by atoms with Crippen LogP contribution in [0.1, 0.15) is 39.0 Å². The zero-order chi connectivity index (χ0) is 14.5. The second-order valence-corrected chi connectivity index (χ2v) is 7.61. The van der Waals surface area contributed by atoms with E-state index in [1.165, 1.54) is 15.6 Å².